The Morgan fingerprint density at radius 2 is 2.05 bits per heavy atom. The van der Waals surface area contributed by atoms with Gasteiger partial charge in [-0.3, -0.25) is 9.78 Å². The number of aromatic nitrogens is 1. The average molecular weight is 264 g/mol. The number of rotatable bonds is 4. The molecule has 1 aromatic rings. The predicted octanol–water partition coefficient (Wildman–Crippen LogP) is 0.624. The number of pyridine rings is 1. The Labute approximate surface area is 113 Å². The summed E-state index contributed by atoms with van der Waals surface area (Å²) in [6, 6.07) is 3.66. The van der Waals surface area contributed by atoms with E-state index >= 15 is 0 Å². The highest BCUT2D eigenvalue weighted by Gasteiger charge is 2.32. The zero-order valence-electron chi connectivity index (χ0n) is 11.2. The van der Waals surface area contributed by atoms with E-state index in [4.69, 9.17) is 4.74 Å². The number of likely N-dealkylation sites (N-methyl/N-ethyl adjacent to an activating group) is 1. The van der Waals surface area contributed by atoms with E-state index < -0.39 is 5.60 Å². The fourth-order valence-electron chi connectivity index (χ4n) is 2.25. The first kappa shape index (κ1) is 14.0. The Bertz CT molecular complexity index is 416. The van der Waals surface area contributed by atoms with Crippen LogP contribution in [0.1, 0.15) is 18.4 Å². The SMILES string of the molecule is CN(CC1(O)CCOCC1)C(=O)Cc1ccncc1. The molecule has 2 rings (SSSR count). The van der Waals surface area contributed by atoms with Crippen molar-refractivity contribution in [1.29, 1.82) is 0 Å². The third kappa shape index (κ3) is 4.01. The first-order valence-electron chi connectivity index (χ1n) is 6.52. The Kier molecular flexibility index (Phi) is 4.50. The maximum Gasteiger partial charge on any atom is 0.226 e. The van der Waals surface area contributed by atoms with Crippen LogP contribution in [0.25, 0.3) is 0 Å². The number of nitrogens with zero attached hydrogens (tertiary/aromatic N) is 2. The Morgan fingerprint density at radius 1 is 1.42 bits per heavy atom. The van der Waals surface area contributed by atoms with Crippen molar-refractivity contribution in [1.82, 2.24) is 9.88 Å². The minimum Gasteiger partial charge on any atom is -0.388 e. The van der Waals surface area contributed by atoms with Gasteiger partial charge in [0, 0.05) is 52.0 Å². The summed E-state index contributed by atoms with van der Waals surface area (Å²) in [4.78, 5) is 17.6. The molecule has 5 heteroatoms. The number of hydrogen-bond acceptors (Lipinski definition) is 4. The molecule has 0 aromatic carbocycles. The van der Waals surface area contributed by atoms with Crippen molar-refractivity contribution in [2.45, 2.75) is 24.9 Å². The Balaban J connectivity index is 1.88. The van der Waals surface area contributed by atoms with Crippen LogP contribution in [0.2, 0.25) is 0 Å². The van der Waals surface area contributed by atoms with E-state index in [0.717, 1.165) is 5.56 Å². The molecule has 0 atom stereocenters. The lowest BCUT2D eigenvalue weighted by Crippen LogP contribution is -2.47. The third-order valence-corrected chi connectivity index (χ3v) is 3.49. The van der Waals surface area contributed by atoms with Crippen LogP contribution in [0.4, 0.5) is 0 Å². The standard InChI is InChI=1S/C14H20N2O3/c1-16(11-14(18)4-8-19-9-5-14)13(17)10-12-2-6-15-7-3-12/h2-3,6-7,18H,4-5,8-11H2,1H3. The van der Waals surface area contributed by atoms with Gasteiger partial charge in [0.25, 0.3) is 0 Å². The molecule has 0 bridgehead atoms. The molecule has 1 fully saturated rings. The minimum absolute atomic E-state index is 0.00566. The molecule has 1 saturated heterocycles. The van der Waals surface area contributed by atoms with Gasteiger partial charge in [0.15, 0.2) is 0 Å². The summed E-state index contributed by atoms with van der Waals surface area (Å²) in [5.74, 6) is 0.00566. The molecule has 1 aliphatic rings. The van der Waals surface area contributed by atoms with Gasteiger partial charge in [-0.15, -0.1) is 0 Å². The second-order valence-electron chi connectivity index (χ2n) is 5.12. The number of aliphatic hydroxyl groups is 1. The molecular formula is C14H20N2O3. The van der Waals surface area contributed by atoms with Crippen molar-refractivity contribution in [2.75, 3.05) is 26.8 Å². The van der Waals surface area contributed by atoms with Gasteiger partial charge in [0.1, 0.15) is 0 Å². The molecule has 0 saturated carbocycles. The highest BCUT2D eigenvalue weighted by atomic mass is 16.5. The van der Waals surface area contributed by atoms with Crippen molar-refractivity contribution in [3.05, 3.63) is 30.1 Å². The van der Waals surface area contributed by atoms with Crippen LogP contribution in [-0.4, -0.2) is 53.3 Å². The van der Waals surface area contributed by atoms with E-state index in [9.17, 15) is 9.90 Å². The predicted molar refractivity (Wildman–Crippen MR) is 70.6 cm³/mol. The van der Waals surface area contributed by atoms with Gasteiger partial charge in [-0.05, 0) is 17.7 Å². The van der Waals surface area contributed by atoms with Crippen molar-refractivity contribution in [2.24, 2.45) is 0 Å². The van der Waals surface area contributed by atoms with Crippen LogP contribution in [0.3, 0.4) is 0 Å². The van der Waals surface area contributed by atoms with Gasteiger partial charge in [-0.2, -0.15) is 0 Å². The summed E-state index contributed by atoms with van der Waals surface area (Å²) >= 11 is 0. The van der Waals surface area contributed by atoms with Gasteiger partial charge >= 0.3 is 0 Å². The second-order valence-corrected chi connectivity index (χ2v) is 5.12. The van der Waals surface area contributed by atoms with E-state index in [2.05, 4.69) is 4.98 Å². The largest absolute Gasteiger partial charge is 0.388 e. The summed E-state index contributed by atoms with van der Waals surface area (Å²) in [5, 5.41) is 10.4. The van der Waals surface area contributed by atoms with E-state index in [0.29, 0.717) is 39.0 Å². The number of ether oxygens (including phenoxy) is 1. The van der Waals surface area contributed by atoms with Crippen molar-refractivity contribution in [3.63, 3.8) is 0 Å². The molecule has 1 amide bonds. The van der Waals surface area contributed by atoms with E-state index in [1.54, 1.807) is 24.3 Å². The Morgan fingerprint density at radius 3 is 2.68 bits per heavy atom. The van der Waals surface area contributed by atoms with Gasteiger partial charge < -0.3 is 14.7 Å². The van der Waals surface area contributed by atoms with Crippen LogP contribution in [0.5, 0.6) is 0 Å². The van der Waals surface area contributed by atoms with E-state index in [1.807, 2.05) is 12.1 Å². The van der Waals surface area contributed by atoms with Crippen molar-refractivity contribution < 1.29 is 14.6 Å². The summed E-state index contributed by atoms with van der Waals surface area (Å²) in [5.41, 5.74) is 0.131. The second kappa shape index (κ2) is 6.12. The highest BCUT2D eigenvalue weighted by Crippen LogP contribution is 2.21. The van der Waals surface area contributed by atoms with Gasteiger partial charge in [0.05, 0.1) is 12.0 Å². The fourth-order valence-corrected chi connectivity index (χ4v) is 2.25. The molecule has 2 heterocycles. The number of carbonyl (C=O) groups is 1. The fraction of sp³-hybridized carbons (Fsp3) is 0.571. The lowest BCUT2D eigenvalue weighted by atomic mass is 9.94. The monoisotopic (exact) mass is 264 g/mol. The number of amides is 1. The van der Waals surface area contributed by atoms with Crippen LogP contribution in [0, 0.1) is 0 Å². The van der Waals surface area contributed by atoms with Crippen LogP contribution < -0.4 is 0 Å². The molecule has 0 spiro atoms. The zero-order chi connectivity index (χ0) is 13.7. The van der Waals surface area contributed by atoms with Gasteiger partial charge in [-0.25, -0.2) is 0 Å². The lowest BCUT2D eigenvalue weighted by molar-refractivity contribution is -0.136. The molecule has 0 unspecified atom stereocenters. The van der Waals surface area contributed by atoms with Crippen LogP contribution >= 0.6 is 0 Å². The maximum absolute atomic E-state index is 12.1. The molecule has 0 aliphatic carbocycles. The molecular weight excluding hydrogens is 244 g/mol. The summed E-state index contributed by atoms with van der Waals surface area (Å²) < 4.78 is 5.23. The zero-order valence-corrected chi connectivity index (χ0v) is 11.2. The molecule has 5 nitrogen and oxygen atoms in total. The highest BCUT2D eigenvalue weighted by molar-refractivity contribution is 5.78. The van der Waals surface area contributed by atoms with Crippen LogP contribution in [0.15, 0.2) is 24.5 Å². The molecule has 19 heavy (non-hydrogen) atoms. The topological polar surface area (TPSA) is 62.7 Å². The molecule has 1 N–H and O–H groups in total. The molecule has 1 aliphatic heterocycles. The lowest BCUT2D eigenvalue weighted by Gasteiger charge is -2.35. The van der Waals surface area contributed by atoms with Crippen molar-refractivity contribution >= 4 is 5.91 Å². The molecule has 104 valence electrons. The van der Waals surface area contributed by atoms with Crippen LogP contribution in [-0.2, 0) is 16.0 Å². The maximum atomic E-state index is 12.1. The normalized spacial score (nSPS) is 18.0. The van der Waals surface area contributed by atoms with E-state index in [-0.39, 0.29) is 5.91 Å². The first-order valence-corrected chi connectivity index (χ1v) is 6.52. The Hall–Kier alpha value is -1.46. The quantitative estimate of drug-likeness (QED) is 0.866. The smallest absolute Gasteiger partial charge is 0.226 e. The van der Waals surface area contributed by atoms with Gasteiger partial charge in [-0.1, -0.05) is 0 Å². The molecule has 1 aromatic heterocycles. The number of carbonyl (C=O) groups excluding carboxylic acids is 1. The minimum atomic E-state index is -0.805. The van der Waals surface area contributed by atoms with E-state index in [1.165, 1.54) is 0 Å². The number of hydrogen-bond donors (Lipinski definition) is 1. The summed E-state index contributed by atoms with van der Waals surface area (Å²) in [6.45, 7) is 1.48. The first-order chi connectivity index (χ1) is 9.09. The van der Waals surface area contributed by atoms with Crippen molar-refractivity contribution in [3.8, 4) is 0 Å². The molecule has 0 radical (unpaired) electrons. The summed E-state index contributed by atoms with van der Waals surface area (Å²) in [6.07, 6.45) is 4.86. The average Bonchev–Trinajstić information content (AvgIpc) is 2.40. The van der Waals surface area contributed by atoms with Gasteiger partial charge in [0.2, 0.25) is 5.91 Å². The third-order valence-electron chi connectivity index (χ3n) is 3.49. The summed E-state index contributed by atoms with van der Waals surface area (Å²) in [7, 11) is 1.73.